The zero-order chi connectivity index (χ0) is 9.35. The number of carbonyl (C=O) groups excluding carboxylic acids is 1. The van der Waals surface area contributed by atoms with Gasteiger partial charge in [-0.25, -0.2) is 0 Å². The lowest BCUT2D eigenvalue weighted by Gasteiger charge is -2.25. The van der Waals surface area contributed by atoms with Crippen LogP contribution in [-0.4, -0.2) is 29.9 Å². The van der Waals surface area contributed by atoms with Gasteiger partial charge >= 0.3 is 0 Å². The van der Waals surface area contributed by atoms with Gasteiger partial charge in [-0.05, 0) is 6.42 Å². The highest BCUT2D eigenvalue weighted by atomic mass is 16.2. The molecule has 1 rings (SSSR count). The molecule has 3 heteroatoms. The van der Waals surface area contributed by atoms with Crippen LogP contribution in [0.5, 0.6) is 0 Å². The van der Waals surface area contributed by atoms with E-state index in [1.165, 1.54) is 0 Å². The zero-order valence-electron chi connectivity index (χ0n) is 8.13. The Kier molecular flexibility index (Phi) is 2.42. The van der Waals surface area contributed by atoms with E-state index in [2.05, 4.69) is 0 Å². The van der Waals surface area contributed by atoms with E-state index in [-0.39, 0.29) is 17.4 Å². The average molecular weight is 170 g/mol. The number of hydrogen-bond acceptors (Lipinski definition) is 2. The largest absolute Gasteiger partial charge is 0.341 e. The fourth-order valence-electron chi connectivity index (χ4n) is 1.45. The van der Waals surface area contributed by atoms with Crippen LogP contribution in [0.4, 0.5) is 0 Å². The molecule has 0 saturated carbocycles. The van der Waals surface area contributed by atoms with E-state index in [1.54, 1.807) is 0 Å². The average Bonchev–Trinajstić information content (AvgIpc) is 2.32. The van der Waals surface area contributed by atoms with Gasteiger partial charge in [-0.1, -0.05) is 20.8 Å². The van der Waals surface area contributed by atoms with Gasteiger partial charge in [0, 0.05) is 24.5 Å². The number of carbonyl (C=O) groups is 1. The third-order valence-electron chi connectivity index (χ3n) is 2.15. The minimum atomic E-state index is -0.260. The first-order valence-electron chi connectivity index (χ1n) is 4.46. The summed E-state index contributed by atoms with van der Waals surface area (Å²) in [4.78, 5) is 13.5. The third-order valence-corrected chi connectivity index (χ3v) is 2.15. The maximum absolute atomic E-state index is 11.7. The molecule has 0 aromatic carbocycles. The molecule has 1 heterocycles. The van der Waals surface area contributed by atoms with E-state index in [0.717, 1.165) is 19.5 Å². The second-order valence-electron chi connectivity index (χ2n) is 4.55. The van der Waals surface area contributed by atoms with Crippen LogP contribution in [0.15, 0.2) is 0 Å². The molecule has 1 atom stereocenters. The lowest BCUT2D eigenvalue weighted by molar-refractivity contribution is -0.138. The monoisotopic (exact) mass is 170 g/mol. The first kappa shape index (κ1) is 9.52. The highest BCUT2D eigenvalue weighted by molar-refractivity contribution is 5.81. The van der Waals surface area contributed by atoms with Gasteiger partial charge in [-0.15, -0.1) is 0 Å². The van der Waals surface area contributed by atoms with Crippen LogP contribution in [0.3, 0.4) is 0 Å². The zero-order valence-corrected chi connectivity index (χ0v) is 8.13. The Labute approximate surface area is 73.9 Å². The molecular weight excluding hydrogens is 152 g/mol. The summed E-state index contributed by atoms with van der Waals surface area (Å²) in [5.41, 5.74) is 5.45. The van der Waals surface area contributed by atoms with E-state index in [4.69, 9.17) is 5.73 Å². The molecule has 70 valence electrons. The quantitative estimate of drug-likeness (QED) is 0.578. The van der Waals surface area contributed by atoms with Crippen molar-refractivity contribution in [3.63, 3.8) is 0 Å². The second kappa shape index (κ2) is 3.05. The van der Waals surface area contributed by atoms with Crippen LogP contribution < -0.4 is 5.73 Å². The summed E-state index contributed by atoms with van der Waals surface area (Å²) in [6.45, 7) is 7.39. The van der Waals surface area contributed by atoms with Gasteiger partial charge < -0.3 is 10.6 Å². The van der Waals surface area contributed by atoms with Crippen LogP contribution >= 0.6 is 0 Å². The SMILES string of the molecule is CC(C)(C)C(=O)N1CCC(N)C1. The number of nitrogens with zero attached hydrogens (tertiary/aromatic N) is 1. The van der Waals surface area contributed by atoms with Gasteiger partial charge in [0.1, 0.15) is 0 Å². The van der Waals surface area contributed by atoms with Crippen molar-refractivity contribution in [1.29, 1.82) is 0 Å². The van der Waals surface area contributed by atoms with E-state index in [9.17, 15) is 4.79 Å². The molecule has 0 aromatic rings. The first-order chi connectivity index (χ1) is 5.41. The Morgan fingerprint density at radius 2 is 2.08 bits per heavy atom. The first-order valence-corrected chi connectivity index (χ1v) is 4.46. The van der Waals surface area contributed by atoms with Crippen LogP contribution in [0.1, 0.15) is 27.2 Å². The third kappa shape index (κ3) is 1.97. The predicted octanol–water partition coefficient (Wildman–Crippen LogP) is 0.592. The smallest absolute Gasteiger partial charge is 0.228 e. The van der Waals surface area contributed by atoms with Gasteiger partial charge in [-0.3, -0.25) is 4.79 Å². The summed E-state index contributed by atoms with van der Waals surface area (Å²) in [7, 11) is 0. The van der Waals surface area contributed by atoms with Gasteiger partial charge in [0.25, 0.3) is 0 Å². The number of amides is 1. The van der Waals surface area contributed by atoms with Gasteiger partial charge in [0.05, 0.1) is 0 Å². The number of nitrogens with two attached hydrogens (primary N) is 1. The summed E-state index contributed by atoms with van der Waals surface area (Å²) in [5.74, 6) is 0.218. The minimum absolute atomic E-state index is 0.191. The highest BCUT2D eigenvalue weighted by Gasteiger charge is 2.31. The molecule has 0 spiro atoms. The molecule has 1 amide bonds. The molecule has 0 radical (unpaired) electrons. The standard InChI is InChI=1S/C9H18N2O/c1-9(2,3)8(12)11-5-4-7(10)6-11/h7H,4-6,10H2,1-3H3. The molecule has 0 bridgehead atoms. The molecule has 1 unspecified atom stereocenters. The van der Waals surface area contributed by atoms with Crippen molar-refractivity contribution < 1.29 is 4.79 Å². The lowest BCUT2D eigenvalue weighted by atomic mass is 9.95. The van der Waals surface area contributed by atoms with Crippen LogP contribution in [0, 0.1) is 5.41 Å². The van der Waals surface area contributed by atoms with Crippen LogP contribution in [0.2, 0.25) is 0 Å². The van der Waals surface area contributed by atoms with Crippen molar-refractivity contribution in [1.82, 2.24) is 4.90 Å². The van der Waals surface area contributed by atoms with Gasteiger partial charge in [0.15, 0.2) is 0 Å². The molecular formula is C9H18N2O. The molecule has 2 N–H and O–H groups in total. The summed E-state index contributed by atoms with van der Waals surface area (Å²) in [6, 6.07) is 0.191. The van der Waals surface area contributed by atoms with Crippen molar-refractivity contribution in [2.24, 2.45) is 11.1 Å². The van der Waals surface area contributed by atoms with Gasteiger partial charge in [-0.2, -0.15) is 0 Å². The number of likely N-dealkylation sites (tertiary alicyclic amines) is 1. The van der Waals surface area contributed by atoms with Crippen molar-refractivity contribution >= 4 is 5.91 Å². The molecule has 12 heavy (non-hydrogen) atoms. The normalized spacial score (nSPS) is 24.7. The topological polar surface area (TPSA) is 46.3 Å². The van der Waals surface area contributed by atoms with E-state index < -0.39 is 0 Å². The number of rotatable bonds is 0. The van der Waals surface area contributed by atoms with Crippen LogP contribution in [0.25, 0.3) is 0 Å². The van der Waals surface area contributed by atoms with Crippen molar-refractivity contribution in [3.8, 4) is 0 Å². The minimum Gasteiger partial charge on any atom is -0.341 e. The summed E-state index contributed by atoms with van der Waals surface area (Å²) < 4.78 is 0. The Bertz CT molecular complexity index is 183. The Morgan fingerprint density at radius 1 is 1.50 bits per heavy atom. The highest BCUT2D eigenvalue weighted by Crippen LogP contribution is 2.20. The second-order valence-corrected chi connectivity index (χ2v) is 4.55. The van der Waals surface area contributed by atoms with E-state index >= 15 is 0 Å². The maximum Gasteiger partial charge on any atom is 0.228 e. The van der Waals surface area contributed by atoms with E-state index in [0.29, 0.717) is 0 Å². The van der Waals surface area contributed by atoms with Crippen molar-refractivity contribution in [2.45, 2.75) is 33.2 Å². The van der Waals surface area contributed by atoms with Crippen molar-refractivity contribution in [3.05, 3.63) is 0 Å². The summed E-state index contributed by atoms with van der Waals surface area (Å²) in [5, 5.41) is 0. The predicted molar refractivity (Wildman–Crippen MR) is 48.6 cm³/mol. The maximum atomic E-state index is 11.7. The molecule has 1 aliphatic heterocycles. The Hall–Kier alpha value is -0.570. The Morgan fingerprint density at radius 3 is 2.42 bits per heavy atom. The fraction of sp³-hybridized carbons (Fsp3) is 0.889. The van der Waals surface area contributed by atoms with Gasteiger partial charge in [0.2, 0.25) is 5.91 Å². The molecule has 1 aliphatic rings. The molecule has 0 aliphatic carbocycles. The van der Waals surface area contributed by atoms with Crippen LogP contribution in [-0.2, 0) is 4.79 Å². The fourth-order valence-corrected chi connectivity index (χ4v) is 1.45. The molecule has 3 nitrogen and oxygen atoms in total. The number of hydrogen-bond donors (Lipinski definition) is 1. The van der Waals surface area contributed by atoms with Crippen molar-refractivity contribution in [2.75, 3.05) is 13.1 Å². The summed E-state index contributed by atoms with van der Waals surface area (Å²) in [6.07, 6.45) is 0.946. The molecule has 1 fully saturated rings. The molecule has 0 aromatic heterocycles. The summed E-state index contributed by atoms with van der Waals surface area (Å²) >= 11 is 0. The van der Waals surface area contributed by atoms with E-state index in [1.807, 2.05) is 25.7 Å². The Balaban J connectivity index is 2.55. The lowest BCUT2D eigenvalue weighted by Crippen LogP contribution is -2.39. The molecule has 1 saturated heterocycles.